The summed E-state index contributed by atoms with van der Waals surface area (Å²) < 4.78 is 0. The molecule has 1 aliphatic heterocycles. The first-order valence-corrected chi connectivity index (χ1v) is 2.79. The molecule has 0 bridgehead atoms. The van der Waals surface area contributed by atoms with E-state index in [0.29, 0.717) is 0 Å². The maximum atomic E-state index is 10.5. The highest BCUT2D eigenvalue weighted by atomic mass is 32.1. The Labute approximate surface area is 57.5 Å². The third-order valence-electron chi connectivity index (χ3n) is 1.15. The number of rotatable bonds is 0. The number of likely N-dealkylation sites (N-methyl/N-ethyl adjacent to an activating group) is 1. The Balaban J connectivity index is 2.77. The van der Waals surface area contributed by atoms with Gasteiger partial charge in [-0.25, -0.2) is 0 Å². The Kier molecular flexibility index (Phi) is 1.38. The van der Waals surface area contributed by atoms with Gasteiger partial charge in [0.1, 0.15) is 0 Å². The van der Waals surface area contributed by atoms with Gasteiger partial charge in [0, 0.05) is 7.05 Å². The lowest BCUT2D eigenvalue weighted by Crippen LogP contribution is -2.30. The molecule has 1 heterocycles. The molecule has 1 rings (SSSR count). The molecule has 1 atom stereocenters. The van der Waals surface area contributed by atoms with Crippen LogP contribution in [0.1, 0.15) is 0 Å². The summed E-state index contributed by atoms with van der Waals surface area (Å²) >= 11 is 4.63. The normalized spacial score (nSPS) is 26.9. The molecule has 5 heteroatoms. The fourth-order valence-corrected chi connectivity index (χ4v) is 0.746. The molecule has 1 unspecified atom stereocenters. The van der Waals surface area contributed by atoms with Crippen LogP contribution < -0.4 is 5.32 Å². The van der Waals surface area contributed by atoms with Crippen LogP contribution in [0.4, 0.5) is 0 Å². The third kappa shape index (κ3) is 0.883. The average Bonchev–Trinajstić information content (AvgIpc) is 1.98. The minimum Gasteiger partial charge on any atom is -0.365 e. The maximum Gasteiger partial charge on any atom is 0.276 e. The topological polar surface area (TPSA) is 52.6 Å². The monoisotopic (exact) mass is 146 g/mol. The number of hydrogen-bond acceptors (Lipinski definition) is 3. The summed E-state index contributed by atoms with van der Waals surface area (Å²) in [5.41, 5.74) is 0. The van der Waals surface area contributed by atoms with Crippen molar-refractivity contribution in [3.8, 4) is 0 Å². The molecule has 0 radical (unpaired) electrons. The van der Waals surface area contributed by atoms with Crippen molar-refractivity contribution in [2.45, 2.75) is 6.23 Å². The summed E-state index contributed by atoms with van der Waals surface area (Å²) in [5.74, 6) is -0.456. The number of carbonyl (C=O) groups excluding carboxylic acids is 1. The Morgan fingerprint density at radius 3 is 2.56 bits per heavy atom. The van der Waals surface area contributed by atoms with E-state index in [9.17, 15) is 4.79 Å². The van der Waals surface area contributed by atoms with E-state index < -0.39 is 12.1 Å². The van der Waals surface area contributed by atoms with Gasteiger partial charge in [-0.05, 0) is 12.2 Å². The van der Waals surface area contributed by atoms with Gasteiger partial charge in [0.05, 0.1) is 0 Å². The molecule has 1 fully saturated rings. The van der Waals surface area contributed by atoms with Crippen LogP contribution in [0.2, 0.25) is 0 Å². The van der Waals surface area contributed by atoms with Crippen LogP contribution in [0, 0.1) is 0 Å². The fraction of sp³-hybridized carbons (Fsp3) is 0.500. The van der Waals surface area contributed by atoms with Crippen LogP contribution in [-0.4, -0.2) is 34.3 Å². The fourth-order valence-electron chi connectivity index (χ4n) is 0.545. The molecule has 50 valence electrons. The predicted octanol–water partition coefficient (Wildman–Crippen LogP) is -1.35. The number of amides is 1. The van der Waals surface area contributed by atoms with E-state index in [0.717, 1.165) is 0 Å². The highest BCUT2D eigenvalue weighted by Gasteiger charge is 2.30. The van der Waals surface area contributed by atoms with E-state index in [1.165, 1.54) is 4.90 Å². The Morgan fingerprint density at radius 2 is 2.44 bits per heavy atom. The smallest absolute Gasteiger partial charge is 0.276 e. The number of aliphatic hydroxyl groups is 1. The number of hydrogen-bond donors (Lipinski definition) is 2. The SMILES string of the molecule is CN1C(=S)NC(=O)C1O. The molecular formula is C4H6N2O2S. The number of thiocarbonyl (C=S) groups is 1. The van der Waals surface area contributed by atoms with E-state index in [2.05, 4.69) is 17.5 Å². The third-order valence-corrected chi connectivity index (χ3v) is 1.54. The van der Waals surface area contributed by atoms with E-state index in [-0.39, 0.29) is 5.11 Å². The summed E-state index contributed by atoms with van der Waals surface area (Å²) in [6.07, 6.45) is -1.10. The van der Waals surface area contributed by atoms with E-state index in [4.69, 9.17) is 5.11 Å². The molecule has 0 aromatic heterocycles. The molecule has 0 aromatic rings. The van der Waals surface area contributed by atoms with Crippen molar-refractivity contribution in [2.24, 2.45) is 0 Å². The van der Waals surface area contributed by atoms with Crippen molar-refractivity contribution in [2.75, 3.05) is 7.05 Å². The summed E-state index contributed by atoms with van der Waals surface area (Å²) in [7, 11) is 1.55. The lowest BCUT2D eigenvalue weighted by Gasteiger charge is -2.10. The highest BCUT2D eigenvalue weighted by molar-refractivity contribution is 7.80. The van der Waals surface area contributed by atoms with Crippen molar-refractivity contribution < 1.29 is 9.90 Å². The van der Waals surface area contributed by atoms with Gasteiger partial charge < -0.3 is 10.0 Å². The van der Waals surface area contributed by atoms with Gasteiger partial charge in [-0.3, -0.25) is 10.1 Å². The second-order valence-corrected chi connectivity index (χ2v) is 2.17. The lowest BCUT2D eigenvalue weighted by molar-refractivity contribution is -0.129. The minimum absolute atomic E-state index is 0.271. The molecule has 0 aromatic carbocycles. The summed E-state index contributed by atoms with van der Waals surface area (Å²) in [6, 6.07) is 0. The summed E-state index contributed by atoms with van der Waals surface area (Å²) in [5, 5.41) is 11.4. The van der Waals surface area contributed by atoms with Gasteiger partial charge in [-0.1, -0.05) is 0 Å². The zero-order valence-corrected chi connectivity index (χ0v) is 5.60. The van der Waals surface area contributed by atoms with Crippen molar-refractivity contribution in [1.82, 2.24) is 10.2 Å². The first kappa shape index (κ1) is 6.44. The molecule has 0 spiro atoms. The van der Waals surface area contributed by atoms with Crippen LogP contribution in [0.15, 0.2) is 0 Å². The zero-order valence-electron chi connectivity index (χ0n) is 4.79. The molecule has 1 aliphatic rings. The van der Waals surface area contributed by atoms with Gasteiger partial charge >= 0.3 is 0 Å². The van der Waals surface area contributed by atoms with Crippen LogP contribution in [-0.2, 0) is 4.79 Å². The molecule has 1 saturated heterocycles. The Bertz CT molecular complexity index is 152. The van der Waals surface area contributed by atoms with Crippen molar-refractivity contribution in [3.63, 3.8) is 0 Å². The first-order chi connectivity index (χ1) is 4.13. The van der Waals surface area contributed by atoms with Gasteiger partial charge in [0.15, 0.2) is 5.11 Å². The summed E-state index contributed by atoms with van der Waals surface area (Å²) in [4.78, 5) is 11.8. The van der Waals surface area contributed by atoms with Gasteiger partial charge in [-0.2, -0.15) is 0 Å². The second-order valence-electron chi connectivity index (χ2n) is 1.78. The zero-order chi connectivity index (χ0) is 7.02. The molecular weight excluding hydrogens is 140 g/mol. The Morgan fingerprint density at radius 1 is 1.89 bits per heavy atom. The van der Waals surface area contributed by atoms with E-state index in [1.807, 2.05) is 0 Å². The summed E-state index contributed by atoms with van der Waals surface area (Å²) in [6.45, 7) is 0. The molecule has 0 saturated carbocycles. The average molecular weight is 146 g/mol. The lowest BCUT2D eigenvalue weighted by atomic mass is 10.5. The first-order valence-electron chi connectivity index (χ1n) is 2.38. The quantitative estimate of drug-likeness (QED) is 0.415. The van der Waals surface area contributed by atoms with Crippen molar-refractivity contribution in [1.29, 1.82) is 0 Å². The van der Waals surface area contributed by atoms with Crippen LogP contribution in [0.5, 0.6) is 0 Å². The second kappa shape index (κ2) is 1.93. The number of nitrogens with one attached hydrogen (secondary N) is 1. The van der Waals surface area contributed by atoms with E-state index >= 15 is 0 Å². The minimum atomic E-state index is -1.10. The van der Waals surface area contributed by atoms with Gasteiger partial charge in [0.2, 0.25) is 6.23 Å². The standard InChI is InChI=1S/C4H6N2O2S/c1-6-3(8)2(7)5-4(6)9/h3,8H,1H3,(H,5,7,9). The number of carbonyl (C=O) groups is 1. The predicted molar refractivity (Wildman–Crippen MR) is 34.5 cm³/mol. The molecule has 0 aliphatic carbocycles. The largest absolute Gasteiger partial charge is 0.365 e. The molecule has 2 N–H and O–H groups in total. The number of aliphatic hydroxyl groups excluding tert-OH is 1. The van der Waals surface area contributed by atoms with Crippen molar-refractivity contribution >= 4 is 23.2 Å². The van der Waals surface area contributed by atoms with Crippen LogP contribution in [0.3, 0.4) is 0 Å². The Hall–Kier alpha value is -0.680. The van der Waals surface area contributed by atoms with Crippen LogP contribution in [0.25, 0.3) is 0 Å². The molecule has 9 heavy (non-hydrogen) atoms. The van der Waals surface area contributed by atoms with Gasteiger partial charge in [0.25, 0.3) is 5.91 Å². The van der Waals surface area contributed by atoms with Crippen molar-refractivity contribution in [3.05, 3.63) is 0 Å². The van der Waals surface area contributed by atoms with E-state index in [1.54, 1.807) is 7.05 Å². The number of nitrogens with zero attached hydrogens (tertiary/aromatic N) is 1. The van der Waals surface area contributed by atoms with Gasteiger partial charge in [-0.15, -0.1) is 0 Å². The molecule has 1 amide bonds. The highest BCUT2D eigenvalue weighted by Crippen LogP contribution is 2.00. The van der Waals surface area contributed by atoms with Crippen LogP contribution >= 0.6 is 12.2 Å². The maximum absolute atomic E-state index is 10.5. The molecule has 4 nitrogen and oxygen atoms in total.